The fraction of sp³-hybridized carbons (Fsp3) is 0.909. The van der Waals surface area contributed by atoms with E-state index in [2.05, 4.69) is 17.1 Å². The number of carbonyl (C=O) groups is 1. The van der Waals surface area contributed by atoms with Crippen LogP contribution >= 0.6 is 17.0 Å². The molecule has 1 unspecified atom stereocenters. The molecule has 0 bridgehead atoms. The number of hydrogen-bond donors (Lipinski definition) is 1. The molecule has 1 amide bonds. The van der Waals surface area contributed by atoms with Gasteiger partial charge in [0.25, 0.3) is 0 Å². The molecule has 1 atom stereocenters. The number of nitrogens with one attached hydrogen (secondary N) is 1. The van der Waals surface area contributed by atoms with Gasteiger partial charge in [-0.25, -0.2) is 0 Å². The van der Waals surface area contributed by atoms with Crippen LogP contribution in [0.2, 0.25) is 0 Å². The molecule has 1 aliphatic carbocycles. The molecule has 1 N–H and O–H groups in total. The zero-order valence-corrected chi connectivity index (χ0v) is 11.1. The van der Waals surface area contributed by atoms with Crippen LogP contribution in [0.25, 0.3) is 0 Å². The maximum atomic E-state index is 11.7. The lowest BCUT2D eigenvalue weighted by Crippen LogP contribution is -2.53. The Morgan fingerprint density at radius 2 is 2.07 bits per heavy atom. The Kier molecular flexibility index (Phi) is 5.06. The molecule has 0 spiro atoms. The summed E-state index contributed by atoms with van der Waals surface area (Å²) in [7, 11) is 0. The predicted octanol–water partition coefficient (Wildman–Crippen LogP) is 1.57. The zero-order chi connectivity index (χ0) is 9.97. The van der Waals surface area contributed by atoms with Gasteiger partial charge in [0.15, 0.2) is 0 Å². The molecule has 2 aliphatic rings. The molecule has 1 saturated carbocycles. The van der Waals surface area contributed by atoms with Crippen molar-refractivity contribution >= 4 is 22.9 Å². The third-order valence-electron chi connectivity index (χ3n) is 3.70. The van der Waals surface area contributed by atoms with Crippen LogP contribution in [0.15, 0.2) is 0 Å². The molecule has 1 aliphatic heterocycles. The van der Waals surface area contributed by atoms with Crippen molar-refractivity contribution in [1.29, 1.82) is 0 Å². The van der Waals surface area contributed by atoms with Gasteiger partial charge in [-0.05, 0) is 25.7 Å². The Bertz CT molecular complexity index is 217. The Hall–Kier alpha value is -0.0900. The quantitative estimate of drug-likeness (QED) is 0.831. The molecule has 15 heavy (non-hydrogen) atoms. The smallest absolute Gasteiger partial charge is 0.236 e. The average molecular weight is 277 g/mol. The van der Waals surface area contributed by atoms with Crippen LogP contribution in [0.4, 0.5) is 0 Å². The van der Waals surface area contributed by atoms with Gasteiger partial charge >= 0.3 is 0 Å². The molecular weight excluding hydrogens is 256 g/mol. The Labute approximate surface area is 102 Å². The topological polar surface area (TPSA) is 32.3 Å². The molecular formula is C11H21BrN2O. The SMILES string of the molecule is Br.CC(C1CCCC1)N1CCNCC1=O. The van der Waals surface area contributed by atoms with Crippen LogP contribution < -0.4 is 5.32 Å². The Balaban J connectivity index is 0.00000112. The van der Waals surface area contributed by atoms with Crippen LogP contribution in [0.1, 0.15) is 32.6 Å². The number of nitrogens with zero attached hydrogens (tertiary/aromatic N) is 1. The van der Waals surface area contributed by atoms with Crippen molar-refractivity contribution in [2.45, 2.75) is 38.6 Å². The second kappa shape index (κ2) is 5.85. The van der Waals surface area contributed by atoms with Crippen LogP contribution in [0.5, 0.6) is 0 Å². The highest BCUT2D eigenvalue weighted by Crippen LogP contribution is 2.30. The van der Waals surface area contributed by atoms with E-state index in [-0.39, 0.29) is 22.9 Å². The number of halogens is 1. The second-order valence-electron chi connectivity index (χ2n) is 4.55. The maximum Gasteiger partial charge on any atom is 0.236 e. The number of rotatable bonds is 2. The van der Waals surface area contributed by atoms with Crippen LogP contribution in [0.3, 0.4) is 0 Å². The van der Waals surface area contributed by atoms with Gasteiger partial charge < -0.3 is 10.2 Å². The van der Waals surface area contributed by atoms with E-state index in [1.807, 2.05) is 0 Å². The summed E-state index contributed by atoms with van der Waals surface area (Å²) in [6.07, 6.45) is 5.35. The Morgan fingerprint density at radius 3 is 2.67 bits per heavy atom. The summed E-state index contributed by atoms with van der Waals surface area (Å²) < 4.78 is 0. The number of piperazine rings is 1. The number of carbonyl (C=O) groups excluding carboxylic acids is 1. The fourth-order valence-corrected chi connectivity index (χ4v) is 2.75. The van der Waals surface area contributed by atoms with Crippen molar-refractivity contribution in [2.24, 2.45) is 5.92 Å². The molecule has 2 fully saturated rings. The minimum atomic E-state index is 0. The van der Waals surface area contributed by atoms with Crippen molar-refractivity contribution in [1.82, 2.24) is 10.2 Å². The monoisotopic (exact) mass is 276 g/mol. The summed E-state index contributed by atoms with van der Waals surface area (Å²) in [6, 6.07) is 0.465. The average Bonchev–Trinajstić information content (AvgIpc) is 2.70. The molecule has 0 aromatic carbocycles. The summed E-state index contributed by atoms with van der Waals surface area (Å²) in [5.41, 5.74) is 0. The van der Waals surface area contributed by atoms with Gasteiger partial charge in [0.1, 0.15) is 0 Å². The summed E-state index contributed by atoms with van der Waals surface area (Å²) in [6.45, 7) is 4.62. The van der Waals surface area contributed by atoms with Crippen molar-refractivity contribution in [2.75, 3.05) is 19.6 Å². The van der Waals surface area contributed by atoms with E-state index in [1.165, 1.54) is 25.7 Å². The van der Waals surface area contributed by atoms with Crippen LogP contribution in [0, 0.1) is 5.92 Å². The van der Waals surface area contributed by atoms with E-state index >= 15 is 0 Å². The van der Waals surface area contributed by atoms with Gasteiger partial charge in [0, 0.05) is 19.1 Å². The molecule has 0 aromatic heterocycles. The molecule has 1 saturated heterocycles. The van der Waals surface area contributed by atoms with Gasteiger partial charge in [-0.1, -0.05) is 12.8 Å². The first kappa shape index (κ1) is 13.0. The largest absolute Gasteiger partial charge is 0.337 e. The summed E-state index contributed by atoms with van der Waals surface area (Å²) >= 11 is 0. The van der Waals surface area contributed by atoms with Crippen molar-refractivity contribution in [3.05, 3.63) is 0 Å². The molecule has 0 radical (unpaired) electrons. The van der Waals surface area contributed by atoms with E-state index in [1.54, 1.807) is 0 Å². The van der Waals surface area contributed by atoms with Gasteiger partial charge in [0.2, 0.25) is 5.91 Å². The molecule has 88 valence electrons. The summed E-state index contributed by atoms with van der Waals surface area (Å²) in [4.78, 5) is 13.7. The maximum absolute atomic E-state index is 11.7. The fourth-order valence-electron chi connectivity index (χ4n) is 2.75. The second-order valence-corrected chi connectivity index (χ2v) is 4.55. The molecule has 3 nitrogen and oxygen atoms in total. The van der Waals surface area contributed by atoms with Crippen molar-refractivity contribution < 1.29 is 4.79 Å². The lowest BCUT2D eigenvalue weighted by atomic mass is 9.97. The first-order chi connectivity index (χ1) is 6.79. The van der Waals surface area contributed by atoms with Crippen LogP contribution in [-0.4, -0.2) is 36.5 Å². The van der Waals surface area contributed by atoms with Crippen molar-refractivity contribution in [3.8, 4) is 0 Å². The minimum Gasteiger partial charge on any atom is -0.337 e. The molecule has 2 rings (SSSR count). The highest BCUT2D eigenvalue weighted by Gasteiger charge is 2.30. The van der Waals surface area contributed by atoms with Crippen LogP contribution in [-0.2, 0) is 4.79 Å². The van der Waals surface area contributed by atoms with Gasteiger partial charge in [0.05, 0.1) is 6.54 Å². The van der Waals surface area contributed by atoms with E-state index < -0.39 is 0 Å². The number of amides is 1. The number of hydrogen-bond acceptors (Lipinski definition) is 2. The highest BCUT2D eigenvalue weighted by atomic mass is 79.9. The predicted molar refractivity (Wildman–Crippen MR) is 66.3 cm³/mol. The molecule has 0 aromatic rings. The van der Waals surface area contributed by atoms with E-state index in [4.69, 9.17) is 0 Å². The third-order valence-corrected chi connectivity index (χ3v) is 3.70. The summed E-state index contributed by atoms with van der Waals surface area (Å²) in [5, 5.41) is 3.12. The minimum absolute atomic E-state index is 0. The Morgan fingerprint density at radius 1 is 1.40 bits per heavy atom. The summed E-state index contributed by atoms with van der Waals surface area (Å²) in [5.74, 6) is 1.05. The molecule has 4 heteroatoms. The van der Waals surface area contributed by atoms with E-state index in [0.29, 0.717) is 12.6 Å². The normalized spacial score (nSPS) is 25.1. The standard InChI is InChI=1S/C11H20N2O.BrH/c1-9(10-4-2-3-5-10)13-7-6-12-8-11(13)14;/h9-10,12H,2-8H2,1H3;1H. The first-order valence-electron chi connectivity index (χ1n) is 5.79. The molecule has 1 heterocycles. The van der Waals surface area contributed by atoms with Gasteiger partial charge in [-0.15, -0.1) is 17.0 Å². The van der Waals surface area contributed by atoms with Gasteiger partial charge in [-0.3, -0.25) is 4.79 Å². The highest BCUT2D eigenvalue weighted by molar-refractivity contribution is 8.93. The van der Waals surface area contributed by atoms with Gasteiger partial charge in [-0.2, -0.15) is 0 Å². The van der Waals surface area contributed by atoms with E-state index in [9.17, 15) is 4.79 Å². The lowest BCUT2D eigenvalue weighted by molar-refractivity contribution is -0.135. The first-order valence-corrected chi connectivity index (χ1v) is 5.79. The van der Waals surface area contributed by atoms with E-state index in [0.717, 1.165) is 19.0 Å². The zero-order valence-electron chi connectivity index (χ0n) is 9.37. The lowest BCUT2D eigenvalue weighted by Gasteiger charge is -2.36. The van der Waals surface area contributed by atoms with Crippen molar-refractivity contribution in [3.63, 3.8) is 0 Å². The third kappa shape index (κ3) is 2.94.